The Kier molecular flexibility index (Phi) is 6.74. The summed E-state index contributed by atoms with van der Waals surface area (Å²) in [6.07, 6.45) is 2.40. The fraction of sp³-hybridized carbons (Fsp3) is 0.0833. The predicted molar refractivity (Wildman–Crippen MR) is 111 cm³/mol. The van der Waals surface area contributed by atoms with Crippen molar-refractivity contribution in [2.45, 2.75) is 6.42 Å². The van der Waals surface area contributed by atoms with Crippen molar-refractivity contribution in [2.75, 3.05) is 6.54 Å². The summed E-state index contributed by atoms with van der Waals surface area (Å²) in [5, 5.41) is 5.63. The van der Waals surface area contributed by atoms with Crippen LogP contribution in [0.15, 0.2) is 96.7 Å². The maximum atomic E-state index is 12.7. The van der Waals surface area contributed by atoms with Gasteiger partial charge in [-0.05, 0) is 35.8 Å². The molecule has 0 fully saturated rings. The van der Waals surface area contributed by atoms with E-state index in [1.165, 1.54) is 0 Å². The van der Waals surface area contributed by atoms with Gasteiger partial charge >= 0.3 is 0 Å². The zero-order chi connectivity index (χ0) is 19.6. The summed E-state index contributed by atoms with van der Waals surface area (Å²) in [6, 6.07) is 28.2. The Morgan fingerprint density at radius 3 is 1.96 bits per heavy atom. The standard InChI is InChI=1S/C24H22N2O2/c27-23(21-14-8-3-9-15-21)26-22(18-20-12-6-2-7-13-20)24(28)25-17-16-19-10-4-1-5-11-19/h1-15,18H,16-17H2,(H,25,28)(H,26,27)/b22-18-. The van der Waals surface area contributed by atoms with E-state index in [2.05, 4.69) is 10.6 Å². The van der Waals surface area contributed by atoms with Gasteiger partial charge in [0.25, 0.3) is 11.8 Å². The van der Waals surface area contributed by atoms with E-state index in [4.69, 9.17) is 0 Å². The highest BCUT2D eigenvalue weighted by Crippen LogP contribution is 2.07. The van der Waals surface area contributed by atoms with Crippen LogP contribution in [-0.2, 0) is 11.2 Å². The van der Waals surface area contributed by atoms with Crippen LogP contribution in [0.2, 0.25) is 0 Å². The van der Waals surface area contributed by atoms with Crippen molar-refractivity contribution in [1.29, 1.82) is 0 Å². The van der Waals surface area contributed by atoms with E-state index in [-0.39, 0.29) is 17.5 Å². The van der Waals surface area contributed by atoms with Crippen LogP contribution < -0.4 is 10.6 Å². The Labute approximate surface area is 164 Å². The molecule has 2 N–H and O–H groups in total. The molecule has 0 saturated heterocycles. The van der Waals surface area contributed by atoms with Crippen LogP contribution >= 0.6 is 0 Å². The summed E-state index contributed by atoms with van der Waals surface area (Å²) in [5.41, 5.74) is 2.69. The number of carbonyl (C=O) groups excluding carboxylic acids is 2. The van der Waals surface area contributed by atoms with Crippen LogP contribution in [0.25, 0.3) is 6.08 Å². The number of hydrogen-bond acceptors (Lipinski definition) is 2. The maximum Gasteiger partial charge on any atom is 0.267 e. The van der Waals surface area contributed by atoms with Gasteiger partial charge in [0, 0.05) is 12.1 Å². The summed E-state index contributed by atoms with van der Waals surface area (Å²) >= 11 is 0. The van der Waals surface area contributed by atoms with E-state index >= 15 is 0 Å². The van der Waals surface area contributed by atoms with E-state index in [0.717, 1.165) is 17.5 Å². The van der Waals surface area contributed by atoms with Crippen LogP contribution in [0.5, 0.6) is 0 Å². The van der Waals surface area contributed by atoms with Crippen molar-refractivity contribution < 1.29 is 9.59 Å². The van der Waals surface area contributed by atoms with Crippen molar-refractivity contribution >= 4 is 17.9 Å². The Hall–Kier alpha value is -3.66. The first-order valence-corrected chi connectivity index (χ1v) is 9.17. The molecule has 0 spiro atoms. The monoisotopic (exact) mass is 370 g/mol. The molecule has 3 aromatic rings. The second-order valence-electron chi connectivity index (χ2n) is 6.28. The summed E-state index contributed by atoms with van der Waals surface area (Å²) in [5.74, 6) is -0.634. The molecule has 0 aliphatic rings. The van der Waals surface area contributed by atoms with Crippen LogP contribution in [0, 0.1) is 0 Å². The second kappa shape index (κ2) is 9.88. The first-order valence-electron chi connectivity index (χ1n) is 9.17. The molecule has 0 aliphatic carbocycles. The van der Waals surface area contributed by atoms with E-state index in [1.807, 2.05) is 66.7 Å². The van der Waals surface area contributed by atoms with Crippen molar-refractivity contribution in [1.82, 2.24) is 10.6 Å². The zero-order valence-electron chi connectivity index (χ0n) is 15.5. The summed E-state index contributed by atoms with van der Waals surface area (Å²) < 4.78 is 0. The summed E-state index contributed by atoms with van der Waals surface area (Å²) in [6.45, 7) is 0.482. The van der Waals surface area contributed by atoms with Crippen LogP contribution in [-0.4, -0.2) is 18.4 Å². The van der Waals surface area contributed by atoms with E-state index in [1.54, 1.807) is 30.3 Å². The SMILES string of the molecule is O=C(NCCc1ccccc1)/C(=C/c1ccccc1)NC(=O)c1ccccc1. The van der Waals surface area contributed by atoms with Crippen LogP contribution in [0.4, 0.5) is 0 Å². The van der Waals surface area contributed by atoms with Gasteiger partial charge in [-0.3, -0.25) is 9.59 Å². The molecule has 0 bridgehead atoms. The Morgan fingerprint density at radius 2 is 1.32 bits per heavy atom. The maximum absolute atomic E-state index is 12.7. The molecule has 0 saturated carbocycles. The number of carbonyl (C=O) groups is 2. The van der Waals surface area contributed by atoms with E-state index in [9.17, 15) is 9.59 Å². The lowest BCUT2D eigenvalue weighted by Gasteiger charge is -2.11. The lowest BCUT2D eigenvalue weighted by atomic mass is 10.1. The molecule has 0 atom stereocenters. The molecule has 4 heteroatoms. The summed E-state index contributed by atoms with van der Waals surface area (Å²) in [4.78, 5) is 25.2. The molecule has 0 aromatic heterocycles. The molecule has 0 aliphatic heterocycles. The largest absolute Gasteiger partial charge is 0.350 e. The minimum Gasteiger partial charge on any atom is -0.350 e. The first kappa shape index (κ1) is 19.1. The fourth-order valence-electron chi connectivity index (χ4n) is 2.72. The minimum atomic E-state index is -0.319. The van der Waals surface area contributed by atoms with Gasteiger partial charge in [-0.2, -0.15) is 0 Å². The molecule has 0 unspecified atom stereocenters. The molecule has 3 aromatic carbocycles. The van der Waals surface area contributed by atoms with Crippen LogP contribution in [0.3, 0.4) is 0 Å². The predicted octanol–water partition coefficient (Wildman–Crippen LogP) is 3.82. The topological polar surface area (TPSA) is 58.2 Å². The third-order valence-electron chi connectivity index (χ3n) is 4.18. The normalized spacial score (nSPS) is 10.9. The highest BCUT2D eigenvalue weighted by Gasteiger charge is 2.14. The Morgan fingerprint density at radius 1 is 0.750 bits per heavy atom. The number of amides is 2. The number of hydrogen-bond donors (Lipinski definition) is 2. The van der Waals surface area contributed by atoms with Crippen molar-refractivity contribution in [2.24, 2.45) is 0 Å². The molecule has 2 amide bonds. The van der Waals surface area contributed by atoms with Gasteiger partial charge in [-0.25, -0.2) is 0 Å². The van der Waals surface area contributed by atoms with Gasteiger partial charge < -0.3 is 10.6 Å². The molecule has 0 radical (unpaired) electrons. The number of rotatable bonds is 7. The number of nitrogens with one attached hydrogen (secondary N) is 2. The molecule has 28 heavy (non-hydrogen) atoms. The average molecular weight is 370 g/mol. The highest BCUT2D eigenvalue weighted by atomic mass is 16.2. The van der Waals surface area contributed by atoms with Gasteiger partial charge in [0.2, 0.25) is 0 Å². The molecular weight excluding hydrogens is 348 g/mol. The molecule has 0 heterocycles. The quantitative estimate of drug-likeness (QED) is 0.621. The minimum absolute atomic E-state index is 0.216. The molecule has 140 valence electrons. The van der Waals surface area contributed by atoms with Crippen molar-refractivity contribution in [3.8, 4) is 0 Å². The molecular formula is C24H22N2O2. The second-order valence-corrected chi connectivity index (χ2v) is 6.28. The Bertz CT molecular complexity index is 936. The lowest BCUT2D eigenvalue weighted by molar-refractivity contribution is -0.117. The van der Waals surface area contributed by atoms with Gasteiger partial charge in [0.15, 0.2) is 0 Å². The van der Waals surface area contributed by atoms with E-state index < -0.39 is 0 Å². The lowest BCUT2D eigenvalue weighted by Crippen LogP contribution is -2.35. The first-order chi connectivity index (χ1) is 13.7. The Balaban J connectivity index is 1.71. The summed E-state index contributed by atoms with van der Waals surface area (Å²) in [7, 11) is 0. The van der Waals surface area contributed by atoms with E-state index in [0.29, 0.717) is 12.1 Å². The average Bonchev–Trinajstić information content (AvgIpc) is 2.75. The molecule has 4 nitrogen and oxygen atoms in total. The highest BCUT2D eigenvalue weighted by molar-refractivity contribution is 6.05. The van der Waals surface area contributed by atoms with Crippen molar-refractivity contribution in [3.05, 3.63) is 113 Å². The third kappa shape index (κ3) is 5.68. The zero-order valence-corrected chi connectivity index (χ0v) is 15.5. The van der Waals surface area contributed by atoms with Gasteiger partial charge in [-0.1, -0.05) is 78.9 Å². The smallest absolute Gasteiger partial charge is 0.267 e. The van der Waals surface area contributed by atoms with Gasteiger partial charge in [0.05, 0.1) is 0 Å². The molecule has 3 rings (SSSR count). The van der Waals surface area contributed by atoms with Crippen molar-refractivity contribution in [3.63, 3.8) is 0 Å². The van der Waals surface area contributed by atoms with Gasteiger partial charge in [0.1, 0.15) is 5.70 Å². The fourth-order valence-corrected chi connectivity index (χ4v) is 2.72. The third-order valence-corrected chi connectivity index (χ3v) is 4.18. The van der Waals surface area contributed by atoms with Crippen LogP contribution in [0.1, 0.15) is 21.5 Å². The number of benzene rings is 3. The van der Waals surface area contributed by atoms with Gasteiger partial charge in [-0.15, -0.1) is 0 Å².